The Morgan fingerprint density at radius 3 is 2.67 bits per heavy atom. The molecular weight excluding hydrogens is 256 g/mol. The molecule has 3 fully saturated rings. The first-order valence-corrected chi connectivity index (χ1v) is 9.36. The molecule has 0 bridgehead atoms. The monoisotopic (exact) mass is 288 g/mol. The van der Waals surface area contributed by atoms with Gasteiger partial charge in [0.1, 0.15) is 0 Å². The van der Waals surface area contributed by atoms with E-state index in [1.54, 1.807) is 5.57 Å². The highest BCUT2D eigenvalue weighted by molar-refractivity contribution is 5.25. The van der Waals surface area contributed by atoms with E-state index in [4.69, 9.17) is 0 Å². The minimum Gasteiger partial charge on any atom is -0.393 e. The third-order valence-electron chi connectivity index (χ3n) is 8.30. The molecule has 21 heavy (non-hydrogen) atoms. The van der Waals surface area contributed by atoms with E-state index >= 15 is 0 Å². The molecule has 4 aliphatic rings. The molecule has 0 radical (unpaired) electrons. The number of fused-ring (bicyclic) bond motifs is 5. The molecule has 1 N–H and O–H groups in total. The van der Waals surface area contributed by atoms with Crippen molar-refractivity contribution in [1.82, 2.24) is 0 Å². The van der Waals surface area contributed by atoms with Crippen LogP contribution in [0, 0.1) is 34.5 Å². The Labute approximate surface area is 130 Å². The molecule has 0 saturated heterocycles. The van der Waals surface area contributed by atoms with Crippen LogP contribution >= 0.6 is 0 Å². The van der Waals surface area contributed by atoms with Crippen LogP contribution in [-0.2, 0) is 0 Å². The quantitative estimate of drug-likeness (QED) is 0.626. The highest BCUT2D eigenvalue weighted by Gasteiger charge is 2.59. The van der Waals surface area contributed by atoms with Crippen molar-refractivity contribution in [3.05, 3.63) is 11.6 Å². The molecule has 0 spiro atoms. The van der Waals surface area contributed by atoms with Gasteiger partial charge in [-0.1, -0.05) is 38.8 Å². The molecular formula is C20H32O. The second-order valence-electron chi connectivity index (χ2n) is 9.10. The van der Waals surface area contributed by atoms with Crippen LogP contribution in [0.3, 0.4) is 0 Å². The molecule has 118 valence electrons. The van der Waals surface area contributed by atoms with E-state index in [1.165, 1.54) is 44.9 Å². The van der Waals surface area contributed by atoms with Gasteiger partial charge in [-0.25, -0.2) is 0 Å². The van der Waals surface area contributed by atoms with E-state index in [0.29, 0.717) is 5.41 Å². The molecule has 0 aliphatic heterocycles. The topological polar surface area (TPSA) is 20.2 Å². The zero-order valence-electron chi connectivity index (χ0n) is 14.1. The highest BCUT2D eigenvalue weighted by atomic mass is 16.3. The lowest BCUT2D eigenvalue weighted by atomic mass is 9.46. The summed E-state index contributed by atoms with van der Waals surface area (Å²) in [6, 6.07) is 0. The number of rotatable bonds is 0. The van der Waals surface area contributed by atoms with Gasteiger partial charge < -0.3 is 5.11 Å². The van der Waals surface area contributed by atoms with Gasteiger partial charge in [0.25, 0.3) is 0 Å². The number of aliphatic hydroxyl groups is 1. The molecule has 2 unspecified atom stereocenters. The SMILES string of the molecule is CC1C=C2CCCC[C@]2(C)[C@@H]2CC[C@]3(C)C(O)CC[C@H]3[C@H]12. The predicted molar refractivity (Wildman–Crippen MR) is 86.9 cm³/mol. The van der Waals surface area contributed by atoms with E-state index < -0.39 is 0 Å². The summed E-state index contributed by atoms with van der Waals surface area (Å²) in [6.07, 6.45) is 13.2. The summed E-state index contributed by atoms with van der Waals surface area (Å²) in [7, 11) is 0. The largest absolute Gasteiger partial charge is 0.393 e. The summed E-state index contributed by atoms with van der Waals surface area (Å²) in [5, 5.41) is 10.5. The third kappa shape index (κ3) is 1.79. The lowest BCUT2D eigenvalue weighted by molar-refractivity contribution is -0.0799. The van der Waals surface area contributed by atoms with Crippen molar-refractivity contribution < 1.29 is 5.11 Å². The number of hydrogen-bond donors (Lipinski definition) is 1. The van der Waals surface area contributed by atoms with Gasteiger partial charge in [0.2, 0.25) is 0 Å². The smallest absolute Gasteiger partial charge is 0.0596 e. The Balaban J connectivity index is 1.75. The van der Waals surface area contributed by atoms with Crippen molar-refractivity contribution in [3.63, 3.8) is 0 Å². The molecule has 0 aromatic heterocycles. The Hall–Kier alpha value is -0.300. The average molecular weight is 288 g/mol. The van der Waals surface area contributed by atoms with Crippen molar-refractivity contribution in [2.24, 2.45) is 34.5 Å². The summed E-state index contributed by atoms with van der Waals surface area (Å²) in [4.78, 5) is 0. The minimum absolute atomic E-state index is 0.0415. The molecule has 0 aromatic carbocycles. The first kappa shape index (κ1) is 14.3. The Morgan fingerprint density at radius 1 is 1.05 bits per heavy atom. The van der Waals surface area contributed by atoms with Gasteiger partial charge in [-0.05, 0) is 79.4 Å². The average Bonchev–Trinajstić information content (AvgIpc) is 2.76. The van der Waals surface area contributed by atoms with Crippen molar-refractivity contribution in [2.45, 2.75) is 78.2 Å². The second kappa shape index (κ2) is 4.60. The van der Waals surface area contributed by atoms with E-state index in [-0.39, 0.29) is 11.5 Å². The lowest BCUT2D eigenvalue weighted by Crippen LogP contribution is -2.52. The maximum absolute atomic E-state index is 10.5. The van der Waals surface area contributed by atoms with Gasteiger partial charge in [-0.15, -0.1) is 0 Å². The van der Waals surface area contributed by atoms with E-state index in [1.807, 2.05) is 0 Å². The Bertz CT molecular complexity index is 466. The minimum atomic E-state index is -0.0415. The van der Waals surface area contributed by atoms with Crippen molar-refractivity contribution in [3.8, 4) is 0 Å². The maximum atomic E-state index is 10.5. The zero-order chi connectivity index (χ0) is 14.8. The fourth-order valence-electron chi connectivity index (χ4n) is 7.02. The van der Waals surface area contributed by atoms with E-state index in [0.717, 1.165) is 30.1 Å². The molecule has 4 aliphatic carbocycles. The summed E-state index contributed by atoms with van der Waals surface area (Å²) in [5.41, 5.74) is 2.50. The summed E-state index contributed by atoms with van der Waals surface area (Å²) < 4.78 is 0. The summed E-state index contributed by atoms with van der Waals surface area (Å²) in [5.74, 6) is 3.20. The summed E-state index contributed by atoms with van der Waals surface area (Å²) >= 11 is 0. The number of aliphatic hydroxyl groups excluding tert-OH is 1. The molecule has 7 atom stereocenters. The van der Waals surface area contributed by atoms with Crippen LogP contribution in [-0.4, -0.2) is 11.2 Å². The Morgan fingerprint density at radius 2 is 1.86 bits per heavy atom. The van der Waals surface area contributed by atoms with Gasteiger partial charge >= 0.3 is 0 Å². The molecule has 0 amide bonds. The number of allylic oxidation sites excluding steroid dienone is 2. The summed E-state index contributed by atoms with van der Waals surface area (Å²) in [6.45, 7) is 7.44. The van der Waals surface area contributed by atoms with Crippen molar-refractivity contribution >= 4 is 0 Å². The van der Waals surface area contributed by atoms with Crippen LogP contribution in [0.15, 0.2) is 11.6 Å². The third-order valence-corrected chi connectivity index (χ3v) is 8.30. The van der Waals surface area contributed by atoms with Gasteiger partial charge in [0, 0.05) is 0 Å². The molecule has 3 saturated carbocycles. The van der Waals surface area contributed by atoms with Gasteiger partial charge in [-0.2, -0.15) is 0 Å². The van der Waals surface area contributed by atoms with Crippen LogP contribution < -0.4 is 0 Å². The van der Waals surface area contributed by atoms with Crippen molar-refractivity contribution in [1.29, 1.82) is 0 Å². The van der Waals surface area contributed by atoms with E-state index in [2.05, 4.69) is 26.8 Å². The highest BCUT2D eigenvalue weighted by Crippen LogP contribution is 2.65. The van der Waals surface area contributed by atoms with Crippen LogP contribution in [0.1, 0.15) is 72.1 Å². The normalized spacial score (nSPS) is 56.2. The molecule has 1 nitrogen and oxygen atoms in total. The van der Waals surface area contributed by atoms with Crippen LogP contribution in [0.5, 0.6) is 0 Å². The zero-order valence-corrected chi connectivity index (χ0v) is 14.1. The molecule has 0 aromatic rings. The first-order chi connectivity index (χ1) is 9.97. The maximum Gasteiger partial charge on any atom is 0.0596 e. The fraction of sp³-hybridized carbons (Fsp3) is 0.900. The molecule has 0 heterocycles. The standard InChI is InChI=1S/C20H32O/c1-13-12-14-6-4-5-10-19(14,2)16-9-11-20(3)15(18(13)16)7-8-17(20)21/h12-13,15-18,21H,4-11H2,1-3H3/t13?,15-,16+,17?,18-,19-,20-/m0/s1. The van der Waals surface area contributed by atoms with Crippen molar-refractivity contribution in [2.75, 3.05) is 0 Å². The second-order valence-corrected chi connectivity index (χ2v) is 9.10. The molecule has 1 heteroatoms. The van der Waals surface area contributed by atoms with Gasteiger partial charge in [-0.3, -0.25) is 0 Å². The van der Waals surface area contributed by atoms with E-state index in [9.17, 15) is 5.11 Å². The van der Waals surface area contributed by atoms with Crippen LogP contribution in [0.4, 0.5) is 0 Å². The lowest BCUT2D eigenvalue weighted by Gasteiger charge is -2.59. The predicted octanol–water partition coefficient (Wildman–Crippen LogP) is 4.95. The number of hydrogen-bond acceptors (Lipinski definition) is 1. The van der Waals surface area contributed by atoms with Gasteiger partial charge in [0.15, 0.2) is 0 Å². The fourth-order valence-corrected chi connectivity index (χ4v) is 7.02. The van der Waals surface area contributed by atoms with Gasteiger partial charge in [0.05, 0.1) is 6.10 Å². The van der Waals surface area contributed by atoms with Crippen LogP contribution in [0.2, 0.25) is 0 Å². The molecule has 4 rings (SSSR count). The van der Waals surface area contributed by atoms with Crippen LogP contribution in [0.25, 0.3) is 0 Å². The Kier molecular flexibility index (Phi) is 3.13. The first-order valence-electron chi connectivity index (χ1n) is 9.36.